The van der Waals surface area contributed by atoms with Crippen molar-refractivity contribution >= 4 is 0 Å². The van der Waals surface area contributed by atoms with Gasteiger partial charge in [-0.1, -0.05) is 25.3 Å². The topological polar surface area (TPSA) is 0 Å². The molecule has 0 saturated carbocycles. The molecule has 46 valence electrons. The average Bonchev–Trinajstić information content (AvgIpc) is 1.88. The van der Waals surface area contributed by atoms with Gasteiger partial charge in [0, 0.05) is 12.3 Å². The number of hydrogen-bond donors (Lipinski definition) is 0. The lowest BCUT2D eigenvalue weighted by atomic mass is 9.96. The maximum absolute atomic E-state index is 3.59. The van der Waals surface area contributed by atoms with E-state index in [0.717, 1.165) is 12.8 Å². The Hall–Kier alpha value is -0.920. The molecule has 1 rings (SSSR count). The van der Waals surface area contributed by atoms with Gasteiger partial charge in [0.1, 0.15) is 0 Å². The Balaban J connectivity index is 2.75. The molecule has 0 heteroatoms. The lowest BCUT2D eigenvalue weighted by Crippen LogP contribution is -1.97. The van der Waals surface area contributed by atoms with Crippen molar-refractivity contribution in [2.75, 3.05) is 0 Å². The van der Waals surface area contributed by atoms with Crippen LogP contribution < -0.4 is 0 Å². The van der Waals surface area contributed by atoms with Crippen LogP contribution in [0.1, 0.15) is 19.8 Å². The number of allylic oxidation sites excluding steroid dienone is 1. The zero-order chi connectivity index (χ0) is 6.69. The van der Waals surface area contributed by atoms with Crippen LogP contribution in [0, 0.1) is 17.8 Å². The molecule has 0 aromatic carbocycles. The molecule has 1 aliphatic rings. The van der Waals surface area contributed by atoms with Gasteiger partial charge >= 0.3 is 0 Å². The van der Waals surface area contributed by atoms with Crippen LogP contribution in [0.25, 0.3) is 0 Å². The van der Waals surface area contributed by atoms with Crippen LogP contribution in [0.4, 0.5) is 0 Å². The average molecular weight is 118 g/mol. The summed E-state index contributed by atoms with van der Waals surface area (Å²) in [5, 5.41) is 0. The Morgan fingerprint density at radius 3 is 3.00 bits per heavy atom. The largest absolute Gasteiger partial charge is 0.129 e. The summed E-state index contributed by atoms with van der Waals surface area (Å²) in [5.74, 6) is 6.67. The molecule has 1 unspecified atom stereocenters. The minimum atomic E-state index is 0.517. The molecule has 0 radical (unpaired) electrons. The molecule has 0 amide bonds. The van der Waals surface area contributed by atoms with Gasteiger partial charge in [0.25, 0.3) is 0 Å². The standard InChI is InChI=1S/C9H10/c1-3-9-6-4-5-8(2)7-9/h8H,1,6-7H2,2H3. The van der Waals surface area contributed by atoms with Gasteiger partial charge in [-0.15, -0.1) is 5.73 Å². The third-order valence-electron chi connectivity index (χ3n) is 1.45. The SMILES string of the molecule is C=C=C1CC#CC(C)C1. The Bertz CT molecular complexity index is 206. The molecule has 0 fully saturated rings. The van der Waals surface area contributed by atoms with Crippen molar-refractivity contribution in [2.24, 2.45) is 5.92 Å². The summed E-state index contributed by atoms with van der Waals surface area (Å²) < 4.78 is 0. The third-order valence-corrected chi connectivity index (χ3v) is 1.45. The number of rotatable bonds is 0. The number of hydrogen-bond acceptors (Lipinski definition) is 0. The van der Waals surface area contributed by atoms with Gasteiger partial charge < -0.3 is 0 Å². The summed E-state index contributed by atoms with van der Waals surface area (Å²) in [7, 11) is 0. The minimum Gasteiger partial charge on any atom is -0.129 e. The second-order valence-electron chi connectivity index (χ2n) is 2.38. The van der Waals surface area contributed by atoms with Crippen molar-refractivity contribution in [3.63, 3.8) is 0 Å². The molecule has 0 N–H and O–H groups in total. The van der Waals surface area contributed by atoms with Crippen LogP contribution in [0.15, 0.2) is 17.9 Å². The molecule has 0 aromatic heterocycles. The summed E-state index contributed by atoms with van der Waals surface area (Å²) in [6.45, 7) is 5.72. The van der Waals surface area contributed by atoms with Gasteiger partial charge in [0.15, 0.2) is 0 Å². The molecular weight excluding hydrogens is 108 g/mol. The molecule has 0 heterocycles. The van der Waals surface area contributed by atoms with Crippen molar-refractivity contribution < 1.29 is 0 Å². The van der Waals surface area contributed by atoms with E-state index in [2.05, 4.69) is 31.1 Å². The fraction of sp³-hybridized carbons (Fsp3) is 0.444. The molecule has 1 aliphatic carbocycles. The Morgan fingerprint density at radius 2 is 2.56 bits per heavy atom. The predicted molar refractivity (Wildman–Crippen MR) is 38.8 cm³/mol. The normalized spacial score (nSPS) is 24.1. The van der Waals surface area contributed by atoms with E-state index >= 15 is 0 Å². The molecule has 0 aliphatic heterocycles. The molecule has 0 spiro atoms. The molecule has 0 saturated heterocycles. The van der Waals surface area contributed by atoms with Gasteiger partial charge in [-0.05, 0) is 12.0 Å². The first-order chi connectivity index (χ1) is 4.33. The monoisotopic (exact) mass is 118 g/mol. The van der Waals surface area contributed by atoms with Gasteiger partial charge in [-0.3, -0.25) is 0 Å². The van der Waals surface area contributed by atoms with Gasteiger partial charge in [-0.2, -0.15) is 0 Å². The van der Waals surface area contributed by atoms with E-state index in [4.69, 9.17) is 0 Å². The summed E-state index contributed by atoms with van der Waals surface area (Å²) in [6, 6.07) is 0. The van der Waals surface area contributed by atoms with Crippen molar-refractivity contribution in [2.45, 2.75) is 19.8 Å². The Morgan fingerprint density at radius 1 is 1.78 bits per heavy atom. The second-order valence-corrected chi connectivity index (χ2v) is 2.38. The lowest BCUT2D eigenvalue weighted by molar-refractivity contribution is 0.719. The fourth-order valence-corrected chi connectivity index (χ4v) is 0.959. The molecular formula is C9H10. The van der Waals surface area contributed by atoms with Gasteiger partial charge in [0.05, 0.1) is 0 Å². The highest BCUT2D eigenvalue weighted by atomic mass is 14.1. The van der Waals surface area contributed by atoms with Crippen molar-refractivity contribution in [3.8, 4) is 11.8 Å². The highest BCUT2D eigenvalue weighted by Gasteiger charge is 2.04. The van der Waals surface area contributed by atoms with Crippen LogP contribution in [0.2, 0.25) is 0 Å². The maximum atomic E-state index is 3.59. The highest BCUT2D eigenvalue weighted by molar-refractivity contribution is 5.20. The molecule has 0 aromatic rings. The maximum Gasteiger partial charge on any atom is 0.0375 e. The molecule has 9 heavy (non-hydrogen) atoms. The van der Waals surface area contributed by atoms with E-state index in [-0.39, 0.29) is 0 Å². The summed E-state index contributed by atoms with van der Waals surface area (Å²) in [6.07, 6.45) is 1.95. The third kappa shape index (κ3) is 1.49. The van der Waals surface area contributed by atoms with E-state index in [0.29, 0.717) is 5.92 Å². The zero-order valence-corrected chi connectivity index (χ0v) is 5.70. The zero-order valence-electron chi connectivity index (χ0n) is 5.70. The molecule has 0 bridgehead atoms. The lowest BCUT2D eigenvalue weighted by Gasteiger charge is -2.07. The second kappa shape index (κ2) is 2.58. The van der Waals surface area contributed by atoms with E-state index < -0.39 is 0 Å². The van der Waals surface area contributed by atoms with Crippen molar-refractivity contribution in [3.05, 3.63) is 17.9 Å². The first-order valence-corrected chi connectivity index (χ1v) is 3.19. The summed E-state index contributed by atoms with van der Waals surface area (Å²) in [5.41, 5.74) is 4.16. The van der Waals surface area contributed by atoms with E-state index in [9.17, 15) is 0 Å². The van der Waals surface area contributed by atoms with Crippen LogP contribution >= 0.6 is 0 Å². The van der Waals surface area contributed by atoms with Crippen LogP contribution in [-0.2, 0) is 0 Å². The van der Waals surface area contributed by atoms with E-state index in [1.54, 1.807) is 0 Å². The van der Waals surface area contributed by atoms with Crippen LogP contribution in [-0.4, -0.2) is 0 Å². The minimum absolute atomic E-state index is 0.517. The summed E-state index contributed by atoms with van der Waals surface area (Å²) >= 11 is 0. The predicted octanol–water partition coefficient (Wildman–Crippen LogP) is 2.13. The van der Waals surface area contributed by atoms with Gasteiger partial charge in [0.2, 0.25) is 0 Å². The van der Waals surface area contributed by atoms with Crippen LogP contribution in [0.5, 0.6) is 0 Å². The van der Waals surface area contributed by atoms with Crippen LogP contribution in [0.3, 0.4) is 0 Å². The van der Waals surface area contributed by atoms with Crippen molar-refractivity contribution in [1.82, 2.24) is 0 Å². The molecule has 1 atom stereocenters. The Kier molecular flexibility index (Phi) is 1.78. The smallest absolute Gasteiger partial charge is 0.0375 e. The highest BCUT2D eigenvalue weighted by Crippen LogP contribution is 2.15. The first-order valence-electron chi connectivity index (χ1n) is 3.19. The summed E-state index contributed by atoms with van der Waals surface area (Å²) in [4.78, 5) is 0. The molecule has 0 nitrogen and oxygen atoms in total. The fourth-order valence-electron chi connectivity index (χ4n) is 0.959. The van der Waals surface area contributed by atoms with E-state index in [1.807, 2.05) is 0 Å². The van der Waals surface area contributed by atoms with E-state index in [1.165, 1.54) is 5.57 Å². The quantitative estimate of drug-likeness (QED) is 0.337. The van der Waals surface area contributed by atoms with Gasteiger partial charge in [-0.25, -0.2) is 0 Å². The Labute approximate surface area is 56.3 Å². The first kappa shape index (κ1) is 6.20. The van der Waals surface area contributed by atoms with Crippen molar-refractivity contribution in [1.29, 1.82) is 0 Å².